The number of benzene rings is 1. The molecular formula is C24H25N7O2. The number of aryl methyl sites for hydroxylation is 1. The van der Waals surface area contributed by atoms with Gasteiger partial charge in [0, 0.05) is 17.0 Å². The lowest BCUT2D eigenvalue weighted by atomic mass is 9.92. The molecular weight excluding hydrogens is 418 g/mol. The molecule has 0 aliphatic heterocycles. The number of carbonyl (C=O) groups is 1. The van der Waals surface area contributed by atoms with Gasteiger partial charge in [-0.1, -0.05) is 32.9 Å². The van der Waals surface area contributed by atoms with Crippen LogP contribution in [0.5, 0.6) is 0 Å². The van der Waals surface area contributed by atoms with Gasteiger partial charge in [0.05, 0.1) is 28.6 Å². The molecule has 3 aromatic heterocycles. The van der Waals surface area contributed by atoms with Gasteiger partial charge in [0.15, 0.2) is 0 Å². The minimum Gasteiger partial charge on any atom is -0.305 e. The molecule has 9 nitrogen and oxygen atoms in total. The van der Waals surface area contributed by atoms with Crippen LogP contribution in [0.15, 0.2) is 41.3 Å². The smallest absolute Gasteiger partial charge is 0.277 e. The maximum Gasteiger partial charge on any atom is 0.277 e. The molecule has 1 amide bonds. The van der Waals surface area contributed by atoms with Crippen LogP contribution in [0.2, 0.25) is 0 Å². The van der Waals surface area contributed by atoms with Crippen molar-refractivity contribution in [2.75, 3.05) is 5.32 Å². The van der Waals surface area contributed by atoms with Crippen LogP contribution in [-0.2, 0) is 18.3 Å². The van der Waals surface area contributed by atoms with Crippen molar-refractivity contribution in [3.05, 3.63) is 69.5 Å². The molecule has 0 unspecified atom stereocenters. The summed E-state index contributed by atoms with van der Waals surface area (Å²) >= 11 is 0. The highest BCUT2D eigenvalue weighted by molar-refractivity contribution is 6.03. The number of aromatic nitrogens is 6. The van der Waals surface area contributed by atoms with Gasteiger partial charge in [-0.2, -0.15) is 9.78 Å². The fraction of sp³-hybridized carbons (Fsp3) is 0.333. The van der Waals surface area contributed by atoms with Crippen LogP contribution in [-0.4, -0.2) is 35.6 Å². The first-order valence-corrected chi connectivity index (χ1v) is 11.1. The number of aromatic amines is 1. The van der Waals surface area contributed by atoms with E-state index >= 15 is 0 Å². The third-order valence-electron chi connectivity index (χ3n) is 5.78. The highest BCUT2D eigenvalue weighted by Crippen LogP contribution is 2.26. The summed E-state index contributed by atoms with van der Waals surface area (Å²) < 4.78 is 1.49. The molecule has 0 spiro atoms. The van der Waals surface area contributed by atoms with Crippen molar-refractivity contribution < 1.29 is 4.79 Å². The average Bonchev–Trinajstić information content (AvgIpc) is 3.23. The number of carbonyl (C=O) groups excluding carboxylic acids is 1. The first kappa shape index (κ1) is 21.0. The Labute approximate surface area is 190 Å². The van der Waals surface area contributed by atoms with E-state index in [4.69, 9.17) is 0 Å². The Morgan fingerprint density at radius 2 is 1.85 bits per heavy atom. The lowest BCUT2D eigenvalue weighted by Gasteiger charge is -2.16. The standard InChI is InChI=1S/C24H25N7O2/c1-24(2,3)19-12-20(28-22(33)18-13-25-16-10-6-7-11-17(16)26-18)31(30-19)23-27-15-9-5-4-8-14(15)21(32)29-23/h6-7,10-13H,4-5,8-9H2,1-3H3,(H,28,33)(H,27,29,32). The molecule has 0 saturated heterocycles. The Hall–Kier alpha value is -3.88. The van der Waals surface area contributed by atoms with Gasteiger partial charge in [-0.05, 0) is 37.8 Å². The molecule has 1 aliphatic carbocycles. The molecule has 0 atom stereocenters. The summed E-state index contributed by atoms with van der Waals surface area (Å²) in [5.74, 6) is 0.269. The highest BCUT2D eigenvalue weighted by atomic mass is 16.2. The summed E-state index contributed by atoms with van der Waals surface area (Å²) in [4.78, 5) is 42.0. The first-order chi connectivity index (χ1) is 15.8. The third-order valence-corrected chi connectivity index (χ3v) is 5.78. The molecule has 1 aromatic carbocycles. The topological polar surface area (TPSA) is 118 Å². The summed E-state index contributed by atoms with van der Waals surface area (Å²) in [6.07, 6.45) is 4.92. The van der Waals surface area contributed by atoms with E-state index in [1.54, 1.807) is 6.07 Å². The zero-order chi connectivity index (χ0) is 23.2. The average molecular weight is 444 g/mol. The Kier molecular flexibility index (Phi) is 5.03. The van der Waals surface area contributed by atoms with Gasteiger partial charge in [-0.25, -0.2) is 9.97 Å². The number of fused-ring (bicyclic) bond motifs is 2. The molecule has 4 aromatic rings. The summed E-state index contributed by atoms with van der Waals surface area (Å²) in [6, 6.07) is 9.17. The second-order valence-electron chi connectivity index (χ2n) is 9.30. The van der Waals surface area contributed by atoms with E-state index in [-0.39, 0.29) is 22.6 Å². The largest absolute Gasteiger partial charge is 0.305 e. The van der Waals surface area contributed by atoms with Crippen LogP contribution >= 0.6 is 0 Å². The van der Waals surface area contributed by atoms with Crippen LogP contribution < -0.4 is 10.9 Å². The van der Waals surface area contributed by atoms with Crippen molar-refractivity contribution in [1.29, 1.82) is 0 Å². The Morgan fingerprint density at radius 1 is 1.09 bits per heavy atom. The summed E-state index contributed by atoms with van der Waals surface area (Å²) in [5, 5.41) is 7.55. The Morgan fingerprint density at radius 3 is 2.64 bits per heavy atom. The van der Waals surface area contributed by atoms with E-state index in [1.807, 2.05) is 45.0 Å². The van der Waals surface area contributed by atoms with Crippen molar-refractivity contribution in [2.45, 2.75) is 51.9 Å². The van der Waals surface area contributed by atoms with E-state index in [0.29, 0.717) is 16.9 Å². The molecule has 168 valence electrons. The van der Waals surface area contributed by atoms with Crippen molar-refractivity contribution in [3.8, 4) is 5.95 Å². The Bertz CT molecular complexity index is 1430. The predicted octanol–water partition coefficient (Wildman–Crippen LogP) is 3.33. The molecule has 2 N–H and O–H groups in total. The van der Waals surface area contributed by atoms with E-state index in [0.717, 1.165) is 42.6 Å². The van der Waals surface area contributed by atoms with Crippen LogP contribution in [0.4, 0.5) is 5.82 Å². The summed E-state index contributed by atoms with van der Waals surface area (Å²) in [5.41, 5.74) is 3.39. The number of nitrogens with zero attached hydrogens (tertiary/aromatic N) is 5. The zero-order valence-corrected chi connectivity index (χ0v) is 18.8. The lowest BCUT2D eigenvalue weighted by molar-refractivity contribution is 0.102. The summed E-state index contributed by atoms with van der Waals surface area (Å²) in [7, 11) is 0. The number of rotatable bonds is 3. The lowest BCUT2D eigenvalue weighted by Crippen LogP contribution is -2.25. The van der Waals surface area contributed by atoms with Crippen molar-refractivity contribution in [1.82, 2.24) is 29.7 Å². The van der Waals surface area contributed by atoms with E-state index < -0.39 is 5.91 Å². The second-order valence-corrected chi connectivity index (χ2v) is 9.30. The predicted molar refractivity (Wildman–Crippen MR) is 125 cm³/mol. The minimum atomic E-state index is -0.421. The van der Waals surface area contributed by atoms with Gasteiger partial charge in [0.2, 0.25) is 5.95 Å². The minimum absolute atomic E-state index is 0.153. The molecule has 1 aliphatic rings. The molecule has 5 rings (SSSR count). The SMILES string of the molecule is CC(C)(C)c1cc(NC(=O)c2cnc3ccccc3n2)n(-c2nc3c(c(=O)[nH]2)CCCC3)n1. The molecule has 0 fully saturated rings. The number of amides is 1. The second kappa shape index (κ2) is 7.91. The van der Waals surface area contributed by atoms with Crippen molar-refractivity contribution >= 4 is 22.8 Å². The van der Waals surface area contributed by atoms with Gasteiger partial charge in [-0.15, -0.1) is 0 Å². The maximum absolute atomic E-state index is 13.1. The van der Waals surface area contributed by atoms with E-state index in [1.165, 1.54) is 10.9 Å². The van der Waals surface area contributed by atoms with Gasteiger partial charge >= 0.3 is 0 Å². The number of hydrogen-bond acceptors (Lipinski definition) is 6. The number of anilines is 1. The fourth-order valence-corrected chi connectivity index (χ4v) is 3.94. The van der Waals surface area contributed by atoms with Gasteiger partial charge in [0.25, 0.3) is 11.5 Å². The zero-order valence-electron chi connectivity index (χ0n) is 18.8. The molecule has 0 saturated carbocycles. The van der Waals surface area contributed by atoms with Crippen molar-refractivity contribution in [2.24, 2.45) is 0 Å². The van der Waals surface area contributed by atoms with E-state index in [9.17, 15) is 9.59 Å². The molecule has 33 heavy (non-hydrogen) atoms. The maximum atomic E-state index is 13.1. The van der Waals surface area contributed by atoms with Crippen LogP contribution in [0, 0.1) is 0 Å². The number of nitrogens with one attached hydrogen (secondary N) is 2. The highest BCUT2D eigenvalue weighted by Gasteiger charge is 2.24. The number of hydrogen-bond donors (Lipinski definition) is 2. The quantitative estimate of drug-likeness (QED) is 0.501. The van der Waals surface area contributed by atoms with Gasteiger partial charge < -0.3 is 5.32 Å². The van der Waals surface area contributed by atoms with Crippen LogP contribution in [0.1, 0.15) is 61.1 Å². The summed E-state index contributed by atoms with van der Waals surface area (Å²) in [6.45, 7) is 6.09. The van der Waals surface area contributed by atoms with Crippen LogP contribution in [0.25, 0.3) is 17.0 Å². The van der Waals surface area contributed by atoms with Gasteiger partial charge in [0.1, 0.15) is 11.5 Å². The first-order valence-electron chi connectivity index (χ1n) is 11.1. The Balaban J connectivity index is 1.56. The molecule has 9 heteroatoms. The monoisotopic (exact) mass is 443 g/mol. The van der Waals surface area contributed by atoms with Gasteiger partial charge in [-0.3, -0.25) is 19.6 Å². The molecule has 3 heterocycles. The molecule has 0 radical (unpaired) electrons. The number of para-hydroxylation sites is 2. The number of H-pyrrole nitrogens is 1. The van der Waals surface area contributed by atoms with Crippen LogP contribution in [0.3, 0.4) is 0 Å². The third kappa shape index (κ3) is 4.02. The fourth-order valence-electron chi connectivity index (χ4n) is 3.94. The van der Waals surface area contributed by atoms with Crippen molar-refractivity contribution in [3.63, 3.8) is 0 Å². The molecule has 0 bridgehead atoms. The van der Waals surface area contributed by atoms with E-state index in [2.05, 4.69) is 30.4 Å². The normalized spacial score (nSPS) is 13.7.